The van der Waals surface area contributed by atoms with Crippen molar-refractivity contribution in [3.05, 3.63) is 0 Å². The van der Waals surface area contributed by atoms with Gasteiger partial charge in [-0.05, 0) is 45.4 Å². The molecule has 2 fully saturated rings. The normalized spacial score (nSPS) is 28.7. The van der Waals surface area contributed by atoms with Gasteiger partial charge in [-0.15, -0.1) is 0 Å². The Hall–Kier alpha value is -0.160. The third-order valence-corrected chi connectivity index (χ3v) is 3.63. The number of rotatable bonds is 5. The molecule has 2 N–H and O–H groups in total. The largest absolute Gasteiger partial charge is 0.374 e. The second-order valence-corrected chi connectivity index (χ2v) is 4.93. The van der Waals surface area contributed by atoms with Crippen LogP contribution in [0.3, 0.4) is 0 Å². The summed E-state index contributed by atoms with van der Waals surface area (Å²) in [5.74, 6) is 0. The topological polar surface area (TPSA) is 41.7 Å². The molecular weight excluding hydrogens is 202 g/mol. The minimum Gasteiger partial charge on any atom is -0.374 e. The number of nitrogens with zero attached hydrogens (tertiary/aromatic N) is 2. The maximum Gasteiger partial charge on any atom is 0.0824 e. The molecule has 2 aliphatic rings. The van der Waals surface area contributed by atoms with Gasteiger partial charge in [-0.1, -0.05) is 0 Å². The number of likely N-dealkylation sites (tertiary alicyclic amines) is 1. The van der Waals surface area contributed by atoms with Gasteiger partial charge in [0.1, 0.15) is 0 Å². The number of nitrogens with two attached hydrogens (primary N) is 1. The fraction of sp³-hybridized carbons (Fsp3) is 1.00. The lowest BCUT2D eigenvalue weighted by Crippen LogP contribution is -2.46. The molecule has 1 atom stereocenters. The van der Waals surface area contributed by atoms with Gasteiger partial charge >= 0.3 is 0 Å². The van der Waals surface area contributed by atoms with Gasteiger partial charge in [0.05, 0.1) is 12.7 Å². The van der Waals surface area contributed by atoms with Crippen molar-refractivity contribution < 1.29 is 4.74 Å². The van der Waals surface area contributed by atoms with Gasteiger partial charge in [0.15, 0.2) is 0 Å². The molecule has 16 heavy (non-hydrogen) atoms. The molecule has 4 nitrogen and oxygen atoms in total. The molecule has 94 valence electrons. The van der Waals surface area contributed by atoms with E-state index < -0.39 is 0 Å². The van der Waals surface area contributed by atoms with Crippen LogP contribution < -0.4 is 5.73 Å². The summed E-state index contributed by atoms with van der Waals surface area (Å²) in [5.41, 5.74) is 5.63. The first kappa shape index (κ1) is 12.3. The Balaban J connectivity index is 1.58. The number of ether oxygens (including phenoxy) is 1. The van der Waals surface area contributed by atoms with Crippen molar-refractivity contribution in [3.8, 4) is 0 Å². The van der Waals surface area contributed by atoms with E-state index in [0.29, 0.717) is 6.54 Å². The lowest BCUT2D eigenvalue weighted by atomic mass is 10.2. The first-order chi connectivity index (χ1) is 7.88. The Morgan fingerprint density at radius 3 is 2.56 bits per heavy atom. The van der Waals surface area contributed by atoms with E-state index in [1.54, 1.807) is 0 Å². The fourth-order valence-electron chi connectivity index (χ4n) is 2.65. The lowest BCUT2D eigenvalue weighted by molar-refractivity contribution is -0.0238. The molecule has 0 aromatic heterocycles. The highest BCUT2D eigenvalue weighted by Crippen LogP contribution is 2.09. The van der Waals surface area contributed by atoms with Crippen LogP contribution in [-0.2, 0) is 4.74 Å². The van der Waals surface area contributed by atoms with Gasteiger partial charge in [0.25, 0.3) is 0 Å². The molecule has 2 aliphatic heterocycles. The summed E-state index contributed by atoms with van der Waals surface area (Å²) in [6.45, 7) is 8.71. The van der Waals surface area contributed by atoms with Crippen LogP contribution in [0, 0.1) is 0 Å². The quantitative estimate of drug-likeness (QED) is 0.725. The summed E-state index contributed by atoms with van der Waals surface area (Å²) < 4.78 is 5.56. The molecule has 0 aliphatic carbocycles. The van der Waals surface area contributed by atoms with Crippen molar-refractivity contribution in [2.45, 2.75) is 25.4 Å². The van der Waals surface area contributed by atoms with E-state index in [1.807, 2.05) is 0 Å². The molecule has 4 heteroatoms. The van der Waals surface area contributed by atoms with Crippen LogP contribution in [0.2, 0.25) is 0 Å². The highest BCUT2D eigenvalue weighted by molar-refractivity contribution is 4.73. The zero-order chi connectivity index (χ0) is 11.2. The standard InChI is InChI=1S/C12H25N3O/c13-10-12-11-15(8-9-16-12)7-3-6-14-4-1-2-5-14/h12H,1-11,13H2. The molecule has 0 amide bonds. The van der Waals surface area contributed by atoms with Crippen LogP contribution in [0.25, 0.3) is 0 Å². The maximum atomic E-state index is 5.63. The molecule has 2 rings (SSSR count). The Morgan fingerprint density at radius 1 is 1.06 bits per heavy atom. The molecule has 0 radical (unpaired) electrons. The van der Waals surface area contributed by atoms with Gasteiger partial charge in [-0.2, -0.15) is 0 Å². The van der Waals surface area contributed by atoms with E-state index in [-0.39, 0.29) is 6.10 Å². The number of hydrogen-bond donors (Lipinski definition) is 1. The van der Waals surface area contributed by atoms with Crippen LogP contribution >= 0.6 is 0 Å². The van der Waals surface area contributed by atoms with E-state index in [9.17, 15) is 0 Å². The summed E-state index contributed by atoms with van der Waals surface area (Å²) in [7, 11) is 0. The number of morpholine rings is 1. The van der Waals surface area contributed by atoms with Crippen molar-refractivity contribution in [3.63, 3.8) is 0 Å². The summed E-state index contributed by atoms with van der Waals surface area (Å²) in [6, 6.07) is 0. The van der Waals surface area contributed by atoms with Crippen molar-refractivity contribution in [2.24, 2.45) is 5.73 Å². The summed E-state index contributed by atoms with van der Waals surface area (Å²) >= 11 is 0. The molecular formula is C12H25N3O. The lowest BCUT2D eigenvalue weighted by Gasteiger charge is -2.32. The fourth-order valence-corrected chi connectivity index (χ4v) is 2.65. The van der Waals surface area contributed by atoms with E-state index in [4.69, 9.17) is 10.5 Å². The molecule has 0 saturated carbocycles. The van der Waals surface area contributed by atoms with Gasteiger partial charge < -0.3 is 15.4 Å². The minimum atomic E-state index is 0.264. The Labute approximate surface area is 98.7 Å². The van der Waals surface area contributed by atoms with Crippen LogP contribution in [0.4, 0.5) is 0 Å². The third-order valence-electron chi connectivity index (χ3n) is 3.63. The van der Waals surface area contributed by atoms with Gasteiger partial charge in [0, 0.05) is 19.6 Å². The Kier molecular flexibility index (Phi) is 5.03. The summed E-state index contributed by atoms with van der Waals surface area (Å²) in [4.78, 5) is 5.08. The molecule has 2 heterocycles. The molecule has 2 saturated heterocycles. The zero-order valence-electron chi connectivity index (χ0n) is 10.2. The van der Waals surface area contributed by atoms with Crippen molar-refractivity contribution in [2.75, 3.05) is 52.4 Å². The first-order valence-electron chi connectivity index (χ1n) is 6.65. The highest BCUT2D eigenvalue weighted by atomic mass is 16.5. The van der Waals surface area contributed by atoms with Gasteiger partial charge in [-0.25, -0.2) is 0 Å². The van der Waals surface area contributed by atoms with Crippen LogP contribution in [0.1, 0.15) is 19.3 Å². The van der Waals surface area contributed by atoms with E-state index in [1.165, 1.54) is 45.4 Å². The molecule has 0 aromatic rings. The predicted octanol–water partition coefficient (Wildman–Crippen LogP) is 0.132. The monoisotopic (exact) mass is 227 g/mol. The molecule has 0 spiro atoms. The number of hydrogen-bond acceptors (Lipinski definition) is 4. The van der Waals surface area contributed by atoms with Crippen LogP contribution in [-0.4, -0.2) is 68.3 Å². The van der Waals surface area contributed by atoms with Gasteiger partial charge in [-0.3, -0.25) is 4.90 Å². The van der Waals surface area contributed by atoms with E-state index in [2.05, 4.69) is 9.80 Å². The van der Waals surface area contributed by atoms with E-state index >= 15 is 0 Å². The van der Waals surface area contributed by atoms with Gasteiger partial charge in [0.2, 0.25) is 0 Å². The second kappa shape index (κ2) is 6.55. The average molecular weight is 227 g/mol. The molecule has 0 aromatic carbocycles. The molecule has 1 unspecified atom stereocenters. The summed E-state index contributed by atoms with van der Waals surface area (Å²) in [5, 5.41) is 0. The first-order valence-corrected chi connectivity index (χ1v) is 6.65. The zero-order valence-corrected chi connectivity index (χ0v) is 10.2. The Morgan fingerprint density at radius 2 is 1.81 bits per heavy atom. The van der Waals surface area contributed by atoms with Crippen molar-refractivity contribution >= 4 is 0 Å². The smallest absolute Gasteiger partial charge is 0.0824 e. The predicted molar refractivity (Wildman–Crippen MR) is 65.5 cm³/mol. The Bertz CT molecular complexity index is 195. The summed E-state index contributed by atoms with van der Waals surface area (Å²) in [6.07, 6.45) is 4.34. The van der Waals surface area contributed by atoms with Crippen LogP contribution in [0.5, 0.6) is 0 Å². The van der Waals surface area contributed by atoms with E-state index in [0.717, 1.165) is 19.7 Å². The van der Waals surface area contributed by atoms with Crippen LogP contribution in [0.15, 0.2) is 0 Å². The SMILES string of the molecule is NCC1CN(CCCN2CCCC2)CCO1. The highest BCUT2D eigenvalue weighted by Gasteiger charge is 2.19. The second-order valence-electron chi connectivity index (χ2n) is 4.93. The van der Waals surface area contributed by atoms with Crippen molar-refractivity contribution in [1.29, 1.82) is 0 Å². The molecule has 0 bridgehead atoms. The maximum absolute atomic E-state index is 5.63. The average Bonchev–Trinajstić information content (AvgIpc) is 2.82. The third kappa shape index (κ3) is 3.70. The minimum absolute atomic E-state index is 0.264. The van der Waals surface area contributed by atoms with Crippen molar-refractivity contribution in [1.82, 2.24) is 9.80 Å².